The molecule has 0 aromatic carbocycles. The van der Waals surface area contributed by atoms with Crippen molar-refractivity contribution in [1.29, 1.82) is 0 Å². The Bertz CT molecular complexity index is 199. The van der Waals surface area contributed by atoms with Crippen LogP contribution < -0.4 is 5.73 Å². The molecule has 0 aromatic rings. The van der Waals surface area contributed by atoms with Crippen molar-refractivity contribution in [3.8, 4) is 0 Å². The van der Waals surface area contributed by atoms with Crippen molar-refractivity contribution < 1.29 is 15.6 Å². The molecule has 0 rings (SSSR count). The maximum atomic E-state index is 8.25. The van der Waals surface area contributed by atoms with E-state index in [1.165, 1.54) is 6.92 Å². The molecule has 0 amide bonds. The Labute approximate surface area is 62.1 Å². The van der Waals surface area contributed by atoms with Gasteiger partial charge in [-0.25, -0.2) is 0 Å². The first-order valence-corrected chi connectivity index (χ1v) is 2.56. The van der Waals surface area contributed by atoms with Gasteiger partial charge in [0, 0.05) is 0 Å². The van der Waals surface area contributed by atoms with Gasteiger partial charge in [-0.2, -0.15) is 0 Å². The fourth-order valence-corrected chi connectivity index (χ4v) is 0.404. The van der Waals surface area contributed by atoms with Crippen LogP contribution in [0.1, 0.15) is 6.92 Å². The van der Waals surface area contributed by atoms with Gasteiger partial charge in [-0.3, -0.25) is 0 Å². The predicted octanol–water partition coefficient (Wildman–Crippen LogP) is -0.587. The molecule has 0 saturated carbocycles. The Morgan fingerprint density at radius 2 is 1.64 bits per heavy atom. The van der Waals surface area contributed by atoms with Crippen molar-refractivity contribution in [1.82, 2.24) is 0 Å². The second-order valence-corrected chi connectivity index (χ2v) is 1.62. The van der Waals surface area contributed by atoms with Crippen LogP contribution in [0.4, 0.5) is 0 Å². The number of hydrogen-bond acceptors (Lipinski definition) is 6. The third kappa shape index (κ3) is 2.12. The first kappa shape index (κ1) is 9.21. The predicted molar refractivity (Wildman–Crippen MR) is 37.5 cm³/mol. The minimum atomic E-state index is -0.428. The van der Waals surface area contributed by atoms with Crippen LogP contribution in [0.25, 0.3) is 0 Å². The highest BCUT2D eigenvalue weighted by molar-refractivity contribution is 6.67. The van der Waals surface area contributed by atoms with E-state index in [0.717, 1.165) is 0 Å². The van der Waals surface area contributed by atoms with Crippen LogP contribution >= 0.6 is 0 Å². The van der Waals surface area contributed by atoms with Crippen LogP contribution in [0.2, 0.25) is 0 Å². The highest BCUT2D eigenvalue weighted by Crippen LogP contribution is 1.83. The van der Waals surface area contributed by atoms with Crippen LogP contribution in [-0.2, 0) is 0 Å². The fourth-order valence-electron chi connectivity index (χ4n) is 0.404. The minimum absolute atomic E-state index is 0.0530. The van der Waals surface area contributed by atoms with Crippen molar-refractivity contribution in [2.24, 2.45) is 21.2 Å². The lowest BCUT2D eigenvalue weighted by molar-refractivity contribution is 0.311. The number of rotatable bonds is 2. The lowest BCUT2D eigenvalue weighted by atomic mass is 10.2. The summed E-state index contributed by atoms with van der Waals surface area (Å²) in [6.45, 7) is 1.33. The van der Waals surface area contributed by atoms with Crippen LogP contribution in [0.15, 0.2) is 15.5 Å². The maximum Gasteiger partial charge on any atom is 0.194 e. The molecule has 11 heavy (non-hydrogen) atoms. The van der Waals surface area contributed by atoms with Crippen molar-refractivity contribution in [2.75, 3.05) is 0 Å². The summed E-state index contributed by atoms with van der Waals surface area (Å²) in [4.78, 5) is 0. The highest BCUT2D eigenvalue weighted by Gasteiger charge is 2.10. The Morgan fingerprint density at radius 1 is 1.09 bits per heavy atom. The molecule has 0 aliphatic heterocycles. The molecule has 0 bridgehead atoms. The van der Waals surface area contributed by atoms with E-state index in [4.69, 9.17) is 21.4 Å². The fraction of sp³-hybridized carbons (Fsp3) is 0.250. The number of nitrogens with zero attached hydrogens (tertiary/aromatic N) is 3. The van der Waals surface area contributed by atoms with Gasteiger partial charge >= 0.3 is 0 Å². The van der Waals surface area contributed by atoms with E-state index in [-0.39, 0.29) is 11.4 Å². The second-order valence-electron chi connectivity index (χ2n) is 1.62. The molecule has 0 aromatic heterocycles. The SMILES string of the molecule is C/C(=N/O)C(=NO)/C(N)=N/O. The van der Waals surface area contributed by atoms with E-state index < -0.39 is 5.84 Å². The van der Waals surface area contributed by atoms with Gasteiger partial charge in [0.1, 0.15) is 5.71 Å². The summed E-state index contributed by atoms with van der Waals surface area (Å²) in [5.74, 6) is -0.428. The zero-order chi connectivity index (χ0) is 8.85. The highest BCUT2D eigenvalue weighted by atomic mass is 16.4. The molecular weight excluding hydrogens is 152 g/mol. The summed E-state index contributed by atoms with van der Waals surface area (Å²) in [6, 6.07) is 0. The number of oxime groups is 3. The zero-order valence-electron chi connectivity index (χ0n) is 5.76. The van der Waals surface area contributed by atoms with Gasteiger partial charge < -0.3 is 21.4 Å². The summed E-state index contributed by atoms with van der Waals surface area (Å²) in [6.07, 6.45) is 0. The third-order valence-corrected chi connectivity index (χ3v) is 0.943. The Morgan fingerprint density at radius 3 is 1.91 bits per heavy atom. The summed E-state index contributed by atoms with van der Waals surface area (Å²) < 4.78 is 0. The van der Waals surface area contributed by atoms with Crippen molar-refractivity contribution in [3.63, 3.8) is 0 Å². The van der Waals surface area contributed by atoms with Crippen LogP contribution in [0.3, 0.4) is 0 Å². The lowest BCUT2D eigenvalue weighted by Crippen LogP contribution is -2.29. The zero-order valence-corrected chi connectivity index (χ0v) is 5.76. The van der Waals surface area contributed by atoms with Gasteiger partial charge in [-0.15, -0.1) is 0 Å². The number of hydrogen-bond donors (Lipinski definition) is 4. The molecule has 62 valence electrons. The maximum absolute atomic E-state index is 8.25. The van der Waals surface area contributed by atoms with Gasteiger partial charge in [-0.1, -0.05) is 15.5 Å². The van der Waals surface area contributed by atoms with Gasteiger partial charge in [0.25, 0.3) is 0 Å². The smallest absolute Gasteiger partial charge is 0.194 e. The third-order valence-electron chi connectivity index (χ3n) is 0.943. The first-order chi connectivity index (χ1) is 5.17. The molecule has 0 aliphatic rings. The molecule has 0 fully saturated rings. The molecular formula is C4H8N4O3. The standard InChI is InChI=1S/C4H8N4O3/c1-2(6-9)3(7-10)4(5)8-11/h9-11H,1H3,(H2,5,8)/b6-2-,7-3?. The van der Waals surface area contributed by atoms with Gasteiger partial charge in [0.05, 0.1) is 0 Å². The monoisotopic (exact) mass is 160 g/mol. The Hall–Kier alpha value is -1.79. The minimum Gasteiger partial charge on any atom is -0.411 e. The Balaban J connectivity index is 4.72. The second kappa shape index (κ2) is 4.09. The molecule has 5 N–H and O–H groups in total. The van der Waals surface area contributed by atoms with Gasteiger partial charge in [0.15, 0.2) is 11.5 Å². The van der Waals surface area contributed by atoms with Crippen molar-refractivity contribution in [3.05, 3.63) is 0 Å². The van der Waals surface area contributed by atoms with Gasteiger partial charge in [0.2, 0.25) is 0 Å². The quantitative estimate of drug-likeness (QED) is 0.186. The first-order valence-electron chi connectivity index (χ1n) is 2.56. The average Bonchev–Trinajstić information content (AvgIpc) is 2.05. The summed E-state index contributed by atoms with van der Waals surface area (Å²) in [7, 11) is 0. The number of nitrogens with two attached hydrogens (primary N) is 1. The molecule has 0 saturated heterocycles. The van der Waals surface area contributed by atoms with E-state index in [1.54, 1.807) is 0 Å². The molecule has 7 nitrogen and oxygen atoms in total. The van der Waals surface area contributed by atoms with E-state index in [1.807, 2.05) is 0 Å². The van der Waals surface area contributed by atoms with E-state index in [0.29, 0.717) is 0 Å². The Kier molecular flexibility index (Phi) is 3.43. The summed E-state index contributed by atoms with van der Waals surface area (Å²) in [5.41, 5.74) is 4.69. The number of amidine groups is 1. The molecule has 0 aliphatic carbocycles. The van der Waals surface area contributed by atoms with E-state index in [9.17, 15) is 0 Å². The van der Waals surface area contributed by atoms with Gasteiger partial charge in [-0.05, 0) is 6.92 Å². The summed E-state index contributed by atoms with van der Waals surface area (Å²) in [5, 5.41) is 32.4. The summed E-state index contributed by atoms with van der Waals surface area (Å²) >= 11 is 0. The molecule has 0 spiro atoms. The largest absolute Gasteiger partial charge is 0.411 e. The topological polar surface area (TPSA) is 124 Å². The average molecular weight is 160 g/mol. The molecule has 7 heteroatoms. The lowest BCUT2D eigenvalue weighted by Gasteiger charge is -1.97. The van der Waals surface area contributed by atoms with E-state index in [2.05, 4.69) is 15.5 Å². The van der Waals surface area contributed by atoms with Crippen LogP contribution in [-0.4, -0.2) is 32.9 Å². The molecule has 0 unspecified atom stereocenters. The molecule has 0 atom stereocenters. The van der Waals surface area contributed by atoms with Crippen molar-refractivity contribution >= 4 is 17.3 Å². The normalized spacial score (nSPS) is 15.2. The van der Waals surface area contributed by atoms with Crippen molar-refractivity contribution in [2.45, 2.75) is 6.92 Å². The van der Waals surface area contributed by atoms with Crippen LogP contribution in [0, 0.1) is 0 Å². The molecule has 0 radical (unpaired) electrons. The van der Waals surface area contributed by atoms with Crippen LogP contribution in [0.5, 0.6) is 0 Å². The van der Waals surface area contributed by atoms with E-state index >= 15 is 0 Å². The molecule has 0 heterocycles.